The number of nitrogens with zero attached hydrogens (tertiary/aromatic N) is 4. The zero-order chi connectivity index (χ0) is 12.7. The molecule has 6 heteroatoms. The molecule has 0 aliphatic carbocycles. The Bertz CT molecular complexity index is 741. The van der Waals surface area contributed by atoms with Gasteiger partial charge in [0.2, 0.25) is 0 Å². The van der Waals surface area contributed by atoms with E-state index in [4.69, 9.17) is 5.11 Å². The van der Waals surface area contributed by atoms with E-state index in [2.05, 4.69) is 10.1 Å². The lowest BCUT2D eigenvalue weighted by Gasteiger charge is -1.98. The summed E-state index contributed by atoms with van der Waals surface area (Å²) < 4.78 is 3.41. The van der Waals surface area contributed by atoms with Crippen molar-refractivity contribution in [1.29, 1.82) is 0 Å². The molecule has 6 nitrogen and oxygen atoms in total. The summed E-state index contributed by atoms with van der Waals surface area (Å²) in [5.41, 5.74) is 2.67. The number of aromatic nitrogens is 4. The number of hydrogen-bond acceptors (Lipinski definition) is 3. The molecule has 0 aliphatic rings. The van der Waals surface area contributed by atoms with E-state index < -0.39 is 5.97 Å². The molecule has 0 saturated heterocycles. The summed E-state index contributed by atoms with van der Waals surface area (Å²) >= 11 is 0. The van der Waals surface area contributed by atoms with Crippen molar-refractivity contribution >= 4 is 11.6 Å². The van der Waals surface area contributed by atoms with Gasteiger partial charge in [-0.25, -0.2) is 9.78 Å². The molecule has 0 unspecified atom stereocenters. The summed E-state index contributed by atoms with van der Waals surface area (Å²) in [6.45, 7) is 0. The molecule has 0 amide bonds. The van der Waals surface area contributed by atoms with Crippen LogP contribution in [0.4, 0.5) is 0 Å². The topological polar surface area (TPSA) is 72.4 Å². The largest absolute Gasteiger partial charge is 0.478 e. The molecule has 0 aliphatic heterocycles. The van der Waals surface area contributed by atoms with Gasteiger partial charge < -0.3 is 9.51 Å². The van der Waals surface area contributed by atoms with E-state index >= 15 is 0 Å². The van der Waals surface area contributed by atoms with Crippen LogP contribution >= 0.6 is 0 Å². The fourth-order valence-electron chi connectivity index (χ4n) is 1.83. The average molecular weight is 242 g/mol. The minimum atomic E-state index is -0.955. The molecular formula is C12H10N4O2. The van der Waals surface area contributed by atoms with E-state index in [1.165, 1.54) is 6.07 Å². The van der Waals surface area contributed by atoms with Crippen LogP contribution in [0.1, 0.15) is 10.4 Å². The Hall–Kier alpha value is -2.63. The van der Waals surface area contributed by atoms with E-state index in [9.17, 15) is 4.79 Å². The Kier molecular flexibility index (Phi) is 2.16. The van der Waals surface area contributed by atoms with Gasteiger partial charge in [-0.1, -0.05) is 0 Å². The third kappa shape index (κ3) is 1.64. The molecule has 3 aromatic heterocycles. The van der Waals surface area contributed by atoms with Crippen molar-refractivity contribution in [3.05, 3.63) is 42.6 Å². The van der Waals surface area contributed by atoms with Gasteiger partial charge in [-0.3, -0.25) is 4.68 Å². The second-order valence-electron chi connectivity index (χ2n) is 4.04. The highest BCUT2D eigenvalue weighted by Gasteiger charge is 2.08. The highest BCUT2D eigenvalue weighted by atomic mass is 16.4. The second kappa shape index (κ2) is 3.69. The first-order valence-corrected chi connectivity index (χ1v) is 5.33. The van der Waals surface area contributed by atoms with E-state index in [0.29, 0.717) is 5.65 Å². The number of aryl methyl sites for hydroxylation is 1. The molecule has 3 rings (SSSR count). The van der Waals surface area contributed by atoms with Gasteiger partial charge in [-0.05, 0) is 6.07 Å². The van der Waals surface area contributed by atoms with Crippen molar-refractivity contribution in [3.63, 3.8) is 0 Å². The van der Waals surface area contributed by atoms with Crippen molar-refractivity contribution in [2.24, 2.45) is 7.05 Å². The van der Waals surface area contributed by atoms with E-state index in [-0.39, 0.29) is 5.56 Å². The summed E-state index contributed by atoms with van der Waals surface area (Å²) in [4.78, 5) is 15.1. The quantitative estimate of drug-likeness (QED) is 0.737. The second-order valence-corrected chi connectivity index (χ2v) is 4.04. The van der Waals surface area contributed by atoms with Crippen molar-refractivity contribution in [1.82, 2.24) is 19.2 Å². The molecule has 0 atom stereocenters. The summed E-state index contributed by atoms with van der Waals surface area (Å²) in [6, 6.07) is 1.54. The molecular weight excluding hydrogens is 232 g/mol. The van der Waals surface area contributed by atoms with Crippen LogP contribution in [0.3, 0.4) is 0 Å². The molecule has 1 N–H and O–H groups in total. The summed E-state index contributed by atoms with van der Waals surface area (Å²) in [5.74, 6) is -0.955. The van der Waals surface area contributed by atoms with Crippen LogP contribution < -0.4 is 0 Å². The number of fused-ring (bicyclic) bond motifs is 1. The summed E-state index contributed by atoms with van der Waals surface area (Å²) in [6.07, 6.45) is 8.71. The van der Waals surface area contributed by atoms with Gasteiger partial charge in [0, 0.05) is 43.0 Å². The minimum Gasteiger partial charge on any atom is -0.478 e. The van der Waals surface area contributed by atoms with Crippen molar-refractivity contribution in [3.8, 4) is 11.1 Å². The van der Waals surface area contributed by atoms with Gasteiger partial charge in [0.25, 0.3) is 0 Å². The normalized spacial score (nSPS) is 10.9. The van der Waals surface area contributed by atoms with Crippen molar-refractivity contribution < 1.29 is 9.90 Å². The Morgan fingerprint density at radius 2 is 2.00 bits per heavy atom. The van der Waals surface area contributed by atoms with Crippen LogP contribution in [0.25, 0.3) is 16.8 Å². The van der Waals surface area contributed by atoms with E-state index in [0.717, 1.165) is 11.1 Å². The Balaban J connectivity index is 2.13. The molecule has 0 saturated carbocycles. The monoisotopic (exact) mass is 242 g/mol. The van der Waals surface area contributed by atoms with Crippen LogP contribution in [-0.2, 0) is 7.05 Å². The third-order valence-corrected chi connectivity index (χ3v) is 2.73. The van der Waals surface area contributed by atoms with Gasteiger partial charge in [0.05, 0.1) is 11.8 Å². The number of rotatable bonds is 2. The molecule has 0 fully saturated rings. The number of hydrogen-bond donors (Lipinski definition) is 1. The zero-order valence-electron chi connectivity index (χ0n) is 9.61. The van der Waals surface area contributed by atoms with Gasteiger partial charge in [0.1, 0.15) is 5.65 Å². The van der Waals surface area contributed by atoms with Gasteiger partial charge >= 0.3 is 5.97 Å². The average Bonchev–Trinajstić information content (AvgIpc) is 2.93. The lowest BCUT2D eigenvalue weighted by atomic mass is 10.2. The highest BCUT2D eigenvalue weighted by Crippen LogP contribution is 2.18. The Morgan fingerprint density at radius 1 is 1.22 bits per heavy atom. The summed E-state index contributed by atoms with van der Waals surface area (Å²) in [5, 5.41) is 13.0. The standard InChI is InChI=1S/C12H10N4O2/c1-15-5-10(4-14-15)9-3-13-11-2-8(12(17)18)6-16(11)7-9/h2-7H,1H3,(H,17,18). The van der Waals surface area contributed by atoms with E-state index in [1.807, 2.05) is 19.4 Å². The van der Waals surface area contributed by atoms with Gasteiger partial charge in [0.15, 0.2) is 0 Å². The highest BCUT2D eigenvalue weighted by molar-refractivity contribution is 5.89. The number of carboxylic acids is 1. The first kappa shape index (κ1) is 10.5. The smallest absolute Gasteiger partial charge is 0.337 e. The number of carbonyl (C=O) groups is 1. The predicted molar refractivity (Wildman–Crippen MR) is 64.4 cm³/mol. The first-order valence-electron chi connectivity index (χ1n) is 5.33. The van der Waals surface area contributed by atoms with Crippen LogP contribution in [0.15, 0.2) is 37.1 Å². The van der Waals surface area contributed by atoms with Gasteiger partial charge in [-0.15, -0.1) is 0 Å². The van der Waals surface area contributed by atoms with Crippen LogP contribution in [0.2, 0.25) is 0 Å². The minimum absolute atomic E-state index is 0.228. The third-order valence-electron chi connectivity index (χ3n) is 2.73. The molecule has 90 valence electrons. The maximum absolute atomic E-state index is 10.9. The predicted octanol–water partition coefficient (Wildman–Crippen LogP) is 1.43. The van der Waals surface area contributed by atoms with Crippen LogP contribution in [0.5, 0.6) is 0 Å². The molecule has 0 aromatic carbocycles. The molecule has 0 bridgehead atoms. The SMILES string of the molecule is Cn1cc(-c2cnc3cc(C(=O)O)cn3c2)cn1. The first-order chi connectivity index (χ1) is 8.63. The van der Waals surface area contributed by atoms with Gasteiger partial charge in [-0.2, -0.15) is 5.10 Å². The van der Waals surface area contributed by atoms with Crippen LogP contribution in [0, 0.1) is 0 Å². The summed E-state index contributed by atoms with van der Waals surface area (Å²) in [7, 11) is 1.84. The van der Waals surface area contributed by atoms with Crippen molar-refractivity contribution in [2.45, 2.75) is 0 Å². The molecule has 3 aromatic rings. The number of carboxylic acid groups (broad SMARTS) is 1. The Labute approximate surface area is 102 Å². The van der Waals surface area contributed by atoms with Crippen LogP contribution in [-0.4, -0.2) is 30.2 Å². The molecule has 0 spiro atoms. The number of aromatic carboxylic acids is 1. The lowest BCUT2D eigenvalue weighted by Crippen LogP contribution is -1.92. The fourth-order valence-corrected chi connectivity index (χ4v) is 1.83. The maximum atomic E-state index is 10.9. The molecule has 3 heterocycles. The maximum Gasteiger partial charge on any atom is 0.337 e. The Morgan fingerprint density at radius 3 is 2.67 bits per heavy atom. The molecule has 18 heavy (non-hydrogen) atoms. The molecule has 0 radical (unpaired) electrons. The zero-order valence-corrected chi connectivity index (χ0v) is 9.61. The van der Waals surface area contributed by atoms with Crippen molar-refractivity contribution in [2.75, 3.05) is 0 Å². The fraction of sp³-hybridized carbons (Fsp3) is 0.0833. The lowest BCUT2D eigenvalue weighted by molar-refractivity contribution is 0.0697. The van der Waals surface area contributed by atoms with E-state index in [1.54, 1.807) is 27.7 Å².